The van der Waals surface area contributed by atoms with Crippen molar-refractivity contribution in [3.8, 4) is 16.9 Å². The lowest BCUT2D eigenvalue weighted by Gasteiger charge is -2.35. The summed E-state index contributed by atoms with van der Waals surface area (Å²) in [6, 6.07) is 6.72. The van der Waals surface area contributed by atoms with Gasteiger partial charge < -0.3 is 24.7 Å². The summed E-state index contributed by atoms with van der Waals surface area (Å²) in [5.41, 5.74) is 0.595. The molecule has 3 heterocycles. The number of aromatic amines is 1. The minimum absolute atomic E-state index is 0.0337. The van der Waals surface area contributed by atoms with E-state index in [-0.39, 0.29) is 17.9 Å². The average Bonchev–Trinajstić information content (AvgIpc) is 2.76. The molecule has 2 atom stereocenters. The molecule has 0 aliphatic carbocycles. The second kappa shape index (κ2) is 9.49. The minimum atomic E-state index is -3.13. The normalized spacial score (nSPS) is 18.4. The Hall–Kier alpha value is -3.60. The number of ether oxygens (including phenoxy) is 2. The number of aromatic nitrogens is 3. The standard InChI is InChI=1S/C22H22F3N5O3/c1-12-10-30(11-13(2)32-12)22-26-6-5-19(29-22)28-17-8-15(9-27-20(17)31)14-3-4-18(16(23)7-14)33-21(24)25/h3-9,12-13,21H,10-11H2,1-2H3,(H,27,31)(H,26,28,29)/t12-,13+. The molecule has 174 valence electrons. The van der Waals surface area contributed by atoms with Crippen LogP contribution in [-0.2, 0) is 4.74 Å². The molecule has 1 aliphatic rings. The summed E-state index contributed by atoms with van der Waals surface area (Å²) in [4.78, 5) is 25.8. The summed E-state index contributed by atoms with van der Waals surface area (Å²) >= 11 is 0. The lowest BCUT2D eigenvalue weighted by atomic mass is 10.1. The van der Waals surface area contributed by atoms with E-state index in [9.17, 15) is 18.0 Å². The van der Waals surface area contributed by atoms with Crippen LogP contribution in [0.5, 0.6) is 5.75 Å². The molecule has 11 heteroatoms. The van der Waals surface area contributed by atoms with Crippen LogP contribution in [0.4, 0.5) is 30.6 Å². The van der Waals surface area contributed by atoms with Crippen LogP contribution in [0.1, 0.15) is 13.8 Å². The Bertz CT molecular complexity index is 1180. The van der Waals surface area contributed by atoms with Gasteiger partial charge in [-0.3, -0.25) is 4.79 Å². The number of nitrogens with zero attached hydrogens (tertiary/aromatic N) is 3. The van der Waals surface area contributed by atoms with Crippen LogP contribution in [0, 0.1) is 5.82 Å². The molecule has 1 aliphatic heterocycles. The predicted octanol–water partition coefficient (Wildman–Crippen LogP) is 3.93. The van der Waals surface area contributed by atoms with Gasteiger partial charge in [0.15, 0.2) is 11.6 Å². The zero-order valence-electron chi connectivity index (χ0n) is 17.9. The molecule has 0 unspecified atom stereocenters. The Morgan fingerprint density at radius 3 is 2.64 bits per heavy atom. The monoisotopic (exact) mass is 461 g/mol. The van der Waals surface area contributed by atoms with Gasteiger partial charge in [-0.25, -0.2) is 9.37 Å². The fourth-order valence-corrected chi connectivity index (χ4v) is 3.66. The van der Waals surface area contributed by atoms with Gasteiger partial charge in [0.25, 0.3) is 5.56 Å². The number of pyridine rings is 1. The molecule has 1 aromatic carbocycles. The Kier molecular flexibility index (Phi) is 6.50. The SMILES string of the molecule is C[C@@H]1CN(c2nccc(Nc3cc(-c4ccc(OC(F)F)c(F)c4)c[nH]c3=O)n2)C[C@H](C)O1. The van der Waals surface area contributed by atoms with Gasteiger partial charge in [0.05, 0.1) is 12.2 Å². The zero-order valence-corrected chi connectivity index (χ0v) is 17.9. The summed E-state index contributed by atoms with van der Waals surface area (Å²) < 4.78 is 48.7. The molecule has 33 heavy (non-hydrogen) atoms. The van der Waals surface area contributed by atoms with Crippen molar-refractivity contribution in [1.29, 1.82) is 0 Å². The maximum absolute atomic E-state index is 14.1. The summed E-state index contributed by atoms with van der Waals surface area (Å²) in [7, 11) is 0. The highest BCUT2D eigenvalue weighted by Crippen LogP contribution is 2.27. The second-order valence-electron chi connectivity index (χ2n) is 7.68. The van der Waals surface area contributed by atoms with Crippen LogP contribution in [-0.4, -0.2) is 46.9 Å². The number of H-pyrrole nitrogens is 1. The molecule has 0 spiro atoms. The topological polar surface area (TPSA) is 92.4 Å². The van der Waals surface area contributed by atoms with Crippen molar-refractivity contribution in [2.45, 2.75) is 32.7 Å². The number of hydrogen-bond acceptors (Lipinski definition) is 7. The largest absolute Gasteiger partial charge is 0.432 e. The van der Waals surface area contributed by atoms with Gasteiger partial charge in [0.1, 0.15) is 11.5 Å². The smallest absolute Gasteiger partial charge is 0.387 e. The summed E-state index contributed by atoms with van der Waals surface area (Å²) in [5.74, 6) is -0.590. The number of nitrogens with one attached hydrogen (secondary N) is 2. The van der Waals surface area contributed by atoms with E-state index in [0.717, 1.165) is 12.1 Å². The summed E-state index contributed by atoms with van der Waals surface area (Å²) in [5, 5.41) is 2.97. The molecular formula is C22H22F3N5O3. The van der Waals surface area contributed by atoms with Gasteiger partial charge in [-0.15, -0.1) is 0 Å². The van der Waals surface area contributed by atoms with Crippen molar-refractivity contribution in [3.63, 3.8) is 0 Å². The lowest BCUT2D eigenvalue weighted by molar-refractivity contribution is -0.0521. The highest BCUT2D eigenvalue weighted by Gasteiger charge is 2.24. The Labute approximate surface area is 187 Å². The first-order chi connectivity index (χ1) is 15.8. The Morgan fingerprint density at radius 1 is 1.18 bits per heavy atom. The van der Waals surface area contributed by atoms with Crippen LogP contribution in [0.3, 0.4) is 0 Å². The van der Waals surface area contributed by atoms with Crippen LogP contribution in [0.2, 0.25) is 0 Å². The molecule has 1 fully saturated rings. The van der Waals surface area contributed by atoms with Crippen molar-refractivity contribution in [2.24, 2.45) is 0 Å². The first kappa shape index (κ1) is 22.6. The molecular weight excluding hydrogens is 439 g/mol. The van der Waals surface area contributed by atoms with Gasteiger partial charge in [0, 0.05) is 31.0 Å². The third-order valence-electron chi connectivity index (χ3n) is 4.99. The number of morpholine rings is 1. The quantitative estimate of drug-likeness (QED) is 0.575. The van der Waals surface area contributed by atoms with Crippen LogP contribution < -0.4 is 20.5 Å². The van der Waals surface area contributed by atoms with E-state index < -0.39 is 23.7 Å². The first-order valence-corrected chi connectivity index (χ1v) is 10.3. The molecule has 8 nitrogen and oxygen atoms in total. The highest BCUT2D eigenvalue weighted by molar-refractivity contribution is 5.69. The minimum Gasteiger partial charge on any atom is -0.432 e. The molecule has 3 aromatic rings. The maximum Gasteiger partial charge on any atom is 0.387 e. The van der Waals surface area contributed by atoms with E-state index in [1.54, 1.807) is 12.3 Å². The van der Waals surface area contributed by atoms with E-state index >= 15 is 0 Å². The summed E-state index contributed by atoms with van der Waals surface area (Å²) in [6.07, 6.45) is 3.06. The molecule has 0 amide bonds. The fraction of sp³-hybridized carbons (Fsp3) is 0.318. The molecule has 0 bridgehead atoms. The number of hydrogen-bond donors (Lipinski definition) is 2. The molecule has 4 rings (SSSR count). The number of benzene rings is 1. The zero-order chi connectivity index (χ0) is 23.5. The predicted molar refractivity (Wildman–Crippen MR) is 117 cm³/mol. The van der Waals surface area contributed by atoms with Crippen molar-refractivity contribution in [2.75, 3.05) is 23.3 Å². The Balaban J connectivity index is 1.57. The third kappa shape index (κ3) is 5.43. The first-order valence-electron chi connectivity index (χ1n) is 10.3. The van der Waals surface area contributed by atoms with Crippen molar-refractivity contribution >= 4 is 17.5 Å². The molecule has 2 aromatic heterocycles. The fourth-order valence-electron chi connectivity index (χ4n) is 3.66. The average molecular weight is 461 g/mol. The molecule has 2 N–H and O–H groups in total. The van der Waals surface area contributed by atoms with Gasteiger partial charge in [-0.1, -0.05) is 6.07 Å². The van der Waals surface area contributed by atoms with E-state index in [0.29, 0.717) is 36.0 Å². The van der Waals surface area contributed by atoms with Gasteiger partial charge in [0.2, 0.25) is 5.95 Å². The van der Waals surface area contributed by atoms with Crippen LogP contribution in [0.25, 0.3) is 11.1 Å². The van der Waals surface area contributed by atoms with Gasteiger partial charge >= 0.3 is 6.61 Å². The third-order valence-corrected chi connectivity index (χ3v) is 4.99. The van der Waals surface area contributed by atoms with Crippen molar-refractivity contribution in [3.05, 3.63) is 58.9 Å². The van der Waals surface area contributed by atoms with E-state index in [4.69, 9.17) is 4.74 Å². The molecule has 1 saturated heterocycles. The highest BCUT2D eigenvalue weighted by atomic mass is 19.3. The molecule has 0 radical (unpaired) electrons. The second-order valence-corrected chi connectivity index (χ2v) is 7.68. The van der Waals surface area contributed by atoms with E-state index in [1.165, 1.54) is 18.3 Å². The number of halogens is 3. The lowest BCUT2D eigenvalue weighted by Crippen LogP contribution is -2.46. The van der Waals surface area contributed by atoms with E-state index in [1.807, 2.05) is 18.7 Å². The maximum atomic E-state index is 14.1. The van der Waals surface area contributed by atoms with Gasteiger partial charge in [-0.05, 0) is 43.7 Å². The molecule has 0 saturated carbocycles. The van der Waals surface area contributed by atoms with E-state index in [2.05, 4.69) is 25.0 Å². The van der Waals surface area contributed by atoms with Crippen molar-refractivity contribution < 1.29 is 22.6 Å². The van der Waals surface area contributed by atoms with Gasteiger partial charge in [-0.2, -0.15) is 13.8 Å². The summed E-state index contributed by atoms with van der Waals surface area (Å²) in [6.45, 7) is 2.10. The number of rotatable bonds is 6. The Morgan fingerprint density at radius 2 is 1.94 bits per heavy atom. The van der Waals surface area contributed by atoms with Crippen LogP contribution in [0.15, 0.2) is 47.5 Å². The number of anilines is 3. The van der Waals surface area contributed by atoms with Crippen LogP contribution >= 0.6 is 0 Å². The number of alkyl halides is 2. The van der Waals surface area contributed by atoms with Crippen molar-refractivity contribution in [1.82, 2.24) is 15.0 Å².